The molecule has 0 aromatic heterocycles. The minimum atomic E-state index is -0.383. The molecule has 0 saturated carbocycles. The van der Waals surface area contributed by atoms with Crippen LogP contribution in [-0.4, -0.2) is 30.1 Å². The second-order valence-electron chi connectivity index (χ2n) is 10.1. The zero-order valence-electron chi connectivity index (χ0n) is 22.1. The van der Waals surface area contributed by atoms with Crippen molar-refractivity contribution < 1.29 is 19.1 Å². The van der Waals surface area contributed by atoms with Gasteiger partial charge in [0.1, 0.15) is 6.61 Å². The first-order chi connectivity index (χ1) is 18.5. The van der Waals surface area contributed by atoms with E-state index in [2.05, 4.69) is 24.5 Å². The van der Waals surface area contributed by atoms with Crippen molar-refractivity contribution in [2.75, 3.05) is 13.7 Å². The third kappa shape index (κ3) is 4.80. The molecular formula is C32H34ClNO4. The van der Waals surface area contributed by atoms with Crippen LogP contribution < -0.4 is 9.47 Å². The first-order valence-electron chi connectivity index (χ1n) is 13.5. The summed E-state index contributed by atoms with van der Waals surface area (Å²) >= 11 is 6.04. The first-order valence-corrected chi connectivity index (χ1v) is 13.8. The van der Waals surface area contributed by atoms with Crippen LogP contribution in [0.25, 0.3) is 0 Å². The Labute approximate surface area is 229 Å². The first kappa shape index (κ1) is 26.3. The quantitative estimate of drug-likeness (QED) is 0.340. The standard InChI is InChI=1S/C32H34ClNO4/c1-4-8-21-17-22(18-28(37-3)32(21)38-19-20-13-15-23(33)16-14-20)29-30-24(9-6-11-26(30)35)34(5-2)25-10-7-12-27(36)31(25)29/h4,13-18,29H,1,5-12,19H2,2-3H3. The van der Waals surface area contributed by atoms with E-state index in [0.717, 1.165) is 71.5 Å². The van der Waals surface area contributed by atoms with Crippen LogP contribution in [0.3, 0.4) is 0 Å². The number of carbonyl (C=O) groups excluding carboxylic acids is 2. The van der Waals surface area contributed by atoms with Gasteiger partial charge in [0.05, 0.1) is 7.11 Å². The molecule has 2 aromatic carbocycles. The predicted octanol–water partition coefficient (Wildman–Crippen LogP) is 7.09. The largest absolute Gasteiger partial charge is 0.493 e. The molecular weight excluding hydrogens is 498 g/mol. The molecule has 0 bridgehead atoms. The van der Waals surface area contributed by atoms with Crippen LogP contribution in [0, 0.1) is 0 Å². The molecule has 0 saturated heterocycles. The van der Waals surface area contributed by atoms with Crippen molar-refractivity contribution in [2.45, 2.75) is 64.4 Å². The molecule has 2 aromatic rings. The number of benzene rings is 2. The van der Waals surface area contributed by atoms with Crippen LogP contribution in [0.4, 0.5) is 0 Å². The lowest BCUT2D eigenvalue weighted by molar-refractivity contribution is -0.117. The van der Waals surface area contributed by atoms with Crippen LogP contribution in [0.5, 0.6) is 11.5 Å². The second kappa shape index (κ2) is 11.2. The molecule has 0 fully saturated rings. The summed E-state index contributed by atoms with van der Waals surface area (Å²) in [5, 5.41) is 0.675. The van der Waals surface area contributed by atoms with Gasteiger partial charge in [-0.3, -0.25) is 9.59 Å². The van der Waals surface area contributed by atoms with E-state index in [1.54, 1.807) is 7.11 Å². The minimum Gasteiger partial charge on any atom is -0.493 e. The number of rotatable bonds is 8. The Bertz CT molecular complexity index is 1290. The Morgan fingerprint density at radius 1 is 1.00 bits per heavy atom. The number of ether oxygens (including phenoxy) is 2. The summed E-state index contributed by atoms with van der Waals surface area (Å²) in [4.78, 5) is 29.2. The van der Waals surface area contributed by atoms with Crippen molar-refractivity contribution in [2.24, 2.45) is 0 Å². The van der Waals surface area contributed by atoms with Gasteiger partial charge in [-0.1, -0.05) is 35.9 Å². The van der Waals surface area contributed by atoms with Crippen molar-refractivity contribution in [3.8, 4) is 11.5 Å². The Kier molecular flexibility index (Phi) is 7.75. The van der Waals surface area contributed by atoms with Crippen molar-refractivity contribution in [1.29, 1.82) is 0 Å². The molecule has 0 N–H and O–H groups in total. The molecule has 1 aliphatic heterocycles. The number of nitrogens with zero attached hydrogens (tertiary/aromatic N) is 1. The summed E-state index contributed by atoms with van der Waals surface area (Å²) in [6.07, 6.45) is 6.84. The van der Waals surface area contributed by atoms with Gasteiger partial charge < -0.3 is 14.4 Å². The number of hydrogen-bond acceptors (Lipinski definition) is 5. The third-order valence-electron chi connectivity index (χ3n) is 7.77. The maximum absolute atomic E-state index is 13.5. The van der Waals surface area contributed by atoms with E-state index in [0.29, 0.717) is 42.4 Å². The van der Waals surface area contributed by atoms with E-state index in [9.17, 15) is 9.59 Å². The summed E-state index contributed by atoms with van der Waals surface area (Å²) in [7, 11) is 1.62. The molecule has 2 aliphatic carbocycles. The maximum atomic E-state index is 13.5. The highest BCUT2D eigenvalue weighted by molar-refractivity contribution is 6.30. The molecule has 38 heavy (non-hydrogen) atoms. The van der Waals surface area contributed by atoms with E-state index in [4.69, 9.17) is 21.1 Å². The highest BCUT2D eigenvalue weighted by atomic mass is 35.5. The lowest BCUT2D eigenvalue weighted by atomic mass is 9.70. The lowest BCUT2D eigenvalue weighted by Crippen LogP contribution is -2.39. The Morgan fingerprint density at radius 2 is 1.63 bits per heavy atom. The van der Waals surface area contributed by atoms with Crippen molar-refractivity contribution in [3.63, 3.8) is 0 Å². The van der Waals surface area contributed by atoms with E-state index >= 15 is 0 Å². The predicted molar refractivity (Wildman–Crippen MR) is 150 cm³/mol. The zero-order valence-corrected chi connectivity index (χ0v) is 22.9. The van der Waals surface area contributed by atoms with Gasteiger partial charge in [0, 0.05) is 58.4 Å². The van der Waals surface area contributed by atoms with E-state index in [1.165, 1.54) is 0 Å². The average Bonchev–Trinajstić information content (AvgIpc) is 2.92. The second-order valence-corrected chi connectivity index (χ2v) is 10.5. The summed E-state index contributed by atoms with van der Waals surface area (Å²) in [6.45, 7) is 7.17. The Morgan fingerprint density at radius 3 is 2.18 bits per heavy atom. The molecule has 6 heteroatoms. The number of carbonyl (C=O) groups is 2. The smallest absolute Gasteiger partial charge is 0.165 e. The highest BCUT2D eigenvalue weighted by Gasteiger charge is 2.43. The molecule has 198 valence electrons. The SMILES string of the molecule is C=CCc1cc(C2C3=C(CCCC3=O)N(CC)C3=C2C(=O)CCC3)cc(OC)c1OCc1ccc(Cl)cc1. The Hall–Kier alpha value is -3.31. The van der Waals surface area contributed by atoms with E-state index in [-0.39, 0.29) is 17.5 Å². The summed E-state index contributed by atoms with van der Waals surface area (Å²) < 4.78 is 12.1. The zero-order chi connectivity index (χ0) is 26.8. The van der Waals surface area contributed by atoms with Crippen LogP contribution in [-0.2, 0) is 22.6 Å². The van der Waals surface area contributed by atoms with Gasteiger partial charge in [0.25, 0.3) is 0 Å². The van der Waals surface area contributed by atoms with Gasteiger partial charge in [-0.2, -0.15) is 0 Å². The fourth-order valence-corrected chi connectivity index (χ4v) is 6.27. The van der Waals surface area contributed by atoms with Crippen LogP contribution in [0.15, 0.2) is 71.6 Å². The van der Waals surface area contributed by atoms with Crippen LogP contribution in [0.2, 0.25) is 5.02 Å². The summed E-state index contributed by atoms with van der Waals surface area (Å²) in [5.74, 6) is 1.14. The number of hydrogen-bond donors (Lipinski definition) is 0. The maximum Gasteiger partial charge on any atom is 0.165 e. The molecule has 0 atom stereocenters. The van der Waals surface area contributed by atoms with Crippen molar-refractivity contribution >= 4 is 23.2 Å². The third-order valence-corrected chi connectivity index (χ3v) is 8.02. The van der Waals surface area contributed by atoms with Gasteiger partial charge in [-0.25, -0.2) is 0 Å². The lowest BCUT2D eigenvalue weighted by Gasteiger charge is -2.43. The monoisotopic (exact) mass is 531 g/mol. The van der Waals surface area contributed by atoms with Crippen LogP contribution in [0.1, 0.15) is 68.1 Å². The highest BCUT2D eigenvalue weighted by Crippen LogP contribution is 2.50. The van der Waals surface area contributed by atoms with Crippen molar-refractivity contribution in [3.05, 3.63) is 93.3 Å². The van der Waals surface area contributed by atoms with Gasteiger partial charge in [0.15, 0.2) is 23.1 Å². The molecule has 0 radical (unpaired) electrons. The van der Waals surface area contributed by atoms with Gasteiger partial charge in [-0.15, -0.1) is 6.58 Å². The fraction of sp³-hybridized carbons (Fsp3) is 0.375. The molecule has 0 unspecified atom stereocenters. The van der Waals surface area contributed by atoms with E-state index < -0.39 is 0 Å². The molecule has 0 spiro atoms. The average molecular weight is 532 g/mol. The fourth-order valence-electron chi connectivity index (χ4n) is 6.14. The number of allylic oxidation sites excluding steroid dienone is 5. The van der Waals surface area contributed by atoms with Crippen molar-refractivity contribution in [1.82, 2.24) is 4.90 Å². The van der Waals surface area contributed by atoms with Gasteiger partial charge in [-0.05, 0) is 68.4 Å². The minimum absolute atomic E-state index is 0.145. The summed E-state index contributed by atoms with van der Waals surface area (Å²) in [5.41, 5.74) is 6.56. The van der Waals surface area contributed by atoms with Gasteiger partial charge in [0.2, 0.25) is 0 Å². The number of methoxy groups -OCH3 is 1. The number of halogens is 1. The van der Waals surface area contributed by atoms with Gasteiger partial charge >= 0.3 is 0 Å². The molecule has 1 heterocycles. The number of ketones is 2. The molecule has 5 rings (SSSR count). The normalized spacial score (nSPS) is 17.9. The topological polar surface area (TPSA) is 55.8 Å². The summed E-state index contributed by atoms with van der Waals surface area (Å²) in [6, 6.07) is 11.6. The van der Waals surface area contributed by atoms with Crippen LogP contribution >= 0.6 is 11.6 Å². The molecule has 3 aliphatic rings. The molecule has 0 amide bonds. The Balaban J connectivity index is 1.63. The van der Waals surface area contributed by atoms with E-state index in [1.807, 2.05) is 36.4 Å². The molecule has 5 nitrogen and oxygen atoms in total. The number of Topliss-reactive ketones (excluding diaryl/α,β-unsaturated/α-hetero) is 2.